The normalized spacial score (nSPS) is 10.8. The topological polar surface area (TPSA) is 107 Å². The molecule has 0 unspecified atom stereocenters. The lowest BCUT2D eigenvalue weighted by atomic mass is 10.1. The number of unbranched alkanes of at least 4 members (excludes halogenated alkanes) is 1. The van der Waals surface area contributed by atoms with E-state index in [4.69, 9.17) is 5.26 Å². The number of carbonyl (C=O) groups excluding carboxylic acids is 1. The molecule has 2 aromatic heterocycles. The molecule has 3 rings (SSSR count). The van der Waals surface area contributed by atoms with Gasteiger partial charge in [-0.3, -0.25) is 19.6 Å². The van der Waals surface area contributed by atoms with Crippen molar-refractivity contribution < 1.29 is 4.79 Å². The van der Waals surface area contributed by atoms with Crippen LogP contribution in [0.4, 0.5) is 5.95 Å². The van der Waals surface area contributed by atoms with E-state index in [1.165, 1.54) is 9.42 Å². The summed E-state index contributed by atoms with van der Waals surface area (Å²) in [6.45, 7) is 5.93. The summed E-state index contributed by atoms with van der Waals surface area (Å²) < 4.78 is 1.31. The van der Waals surface area contributed by atoms with E-state index in [2.05, 4.69) is 28.1 Å². The third-order valence-corrected chi connectivity index (χ3v) is 4.85. The van der Waals surface area contributed by atoms with Gasteiger partial charge in [0, 0.05) is 12.0 Å². The highest BCUT2D eigenvalue weighted by molar-refractivity contribution is 5.91. The second-order valence-corrected chi connectivity index (χ2v) is 6.91. The number of nitrogens with one attached hydrogen (secondary N) is 1. The van der Waals surface area contributed by atoms with Crippen molar-refractivity contribution in [2.75, 3.05) is 4.90 Å². The lowest BCUT2D eigenvalue weighted by molar-refractivity contribution is -0.118. The summed E-state index contributed by atoms with van der Waals surface area (Å²) >= 11 is 0. The SMILES string of the molecule is CCCCc1c(C)nc2nc(N(Cc3ccc(C#N)cc3)C(=O)CC)[nH]n2c1=O. The van der Waals surface area contributed by atoms with Crippen LogP contribution < -0.4 is 10.5 Å². The molecule has 8 heteroatoms. The molecule has 1 N–H and O–H groups in total. The molecule has 0 saturated heterocycles. The minimum absolute atomic E-state index is 0.135. The Morgan fingerprint density at radius 1 is 1.24 bits per heavy atom. The van der Waals surface area contributed by atoms with Crippen molar-refractivity contribution in [1.82, 2.24) is 19.6 Å². The molecule has 0 bridgehead atoms. The number of rotatable bonds is 7. The van der Waals surface area contributed by atoms with Crippen LogP contribution in [0, 0.1) is 18.3 Å². The Balaban J connectivity index is 2.01. The number of carbonyl (C=O) groups is 1. The van der Waals surface area contributed by atoms with Crippen LogP contribution in [0.2, 0.25) is 0 Å². The van der Waals surface area contributed by atoms with Crippen molar-refractivity contribution in [3.63, 3.8) is 0 Å². The van der Waals surface area contributed by atoms with Crippen LogP contribution in [0.3, 0.4) is 0 Å². The number of aromatic amines is 1. The Morgan fingerprint density at radius 3 is 2.59 bits per heavy atom. The van der Waals surface area contributed by atoms with E-state index >= 15 is 0 Å². The zero-order valence-corrected chi connectivity index (χ0v) is 16.9. The molecular weight excluding hydrogens is 368 g/mol. The number of aryl methyl sites for hydroxylation is 1. The molecule has 0 aliphatic heterocycles. The molecule has 0 fully saturated rings. The summed E-state index contributed by atoms with van der Waals surface area (Å²) in [5, 5.41) is 11.9. The van der Waals surface area contributed by atoms with Crippen molar-refractivity contribution in [2.24, 2.45) is 0 Å². The second kappa shape index (κ2) is 8.69. The van der Waals surface area contributed by atoms with E-state index in [0.717, 1.165) is 18.4 Å². The quantitative estimate of drug-likeness (QED) is 0.665. The monoisotopic (exact) mass is 392 g/mol. The molecule has 0 radical (unpaired) electrons. The maximum absolute atomic E-state index is 12.9. The third kappa shape index (κ3) is 4.19. The molecule has 1 amide bonds. The van der Waals surface area contributed by atoms with Crippen molar-refractivity contribution in [1.29, 1.82) is 5.26 Å². The van der Waals surface area contributed by atoms with Gasteiger partial charge >= 0.3 is 0 Å². The Kier molecular flexibility index (Phi) is 6.07. The molecule has 3 aromatic rings. The third-order valence-electron chi connectivity index (χ3n) is 4.85. The van der Waals surface area contributed by atoms with Crippen LogP contribution in [0.15, 0.2) is 29.1 Å². The largest absolute Gasteiger partial charge is 0.277 e. The van der Waals surface area contributed by atoms with Crippen LogP contribution in [-0.4, -0.2) is 25.5 Å². The summed E-state index contributed by atoms with van der Waals surface area (Å²) in [5.74, 6) is 0.388. The molecule has 0 spiro atoms. The number of nitriles is 1. The van der Waals surface area contributed by atoms with Crippen LogP contribution >= 0.6 is 0 Å². The van der Waals surface area contributed by atoms with Crippen molar-refractivity contribution in [3.05, 3.63) is 57.0 Å². The predicted molar refractivity (Wildman–Crippen MR) is 110 cm³/mol. The number of aromatic nitrogens is 4. The van der Waals surface area contributed by atoms with Gasteiger partial charge in [0.2, 0.25) is 11.9 Å². The minimum Gasteiger partial charge on any atom is -0.277 e. The van der Waals surface area contributed by atoms with Gasteiger partial charge in [-0.15, -0.1) is 0 Å². The second-order valence-electron chi connectivity index (χ2n) is 6.91. The average Bonchev–Trinajstić information content (AvgIpc) is 3.15. The van der Waals surface area contributed by atoms with Gasteiger partial charge in [-0.2, -0.15) is 14.8 Å². The minimum atomic E-state index is -0.179. The fourth-order valence-electron chi connectivity index (χ4n) is 3.14. The van der Waals surface area contributed by atoms with Gasteiger partial charge in [-0.1, -0.05) is 32.4 Å². The van der Waals surface area contributed by atoms with Crippen LogP contribution in [0.25, 0.3) is 5.78 Å². The molecular formula is C21H24N6O2. The van der Waals surface area contributed by atoms with Gasteiger partial charge in [0.1, 0.15) is 0 Å². The zero-order valence-electron chi connectivity index (χ0n) is 16.9. The molecule has 0 saturated carbocycles. The molecule has 0 aliphatic rings. The predicted octanol–water partition coefficient (Wildman–Crippen LogP) is 2.88. The average molecular weight is 392 g/mol. The van der Waals surface area contributed by atoms with Gasteiger partial charge in [0.15, 0.2) is 0 Å². The highest BCUT2D eigenvalue weighted by atomic mass is 16.2. The molecule has 29 heavy (non-hydrogen) atoms. The first-order chi connectivity index (χ1) is 14.0. The molecule has 150 valence electrons. The Hall–Kier alpha value is -3.47. The summed E-state index contributed by atoms with van der Waals surface area (Å²) in [6, 6.07) is 9.09. The maximum Gasteiger partial charge on any atom is 0.277 e. The van der Waals surface area contributed by atoms with Crippen LogP contribution in [0.5, 0.6) is 0 Å². The summed E-state index contributed by atoms with van der Waals surface area (Å²) in [6.07, 6.45) is 2.84. The molecule has 2 heterocycles. The first-order valence-corrected chi connectivity index (χ1v) is 9.76. The van der Waals surface area contributed by atoms with E-state index in [9.17, 15) is 9.59 Å². The lowest BCUT2D eigenvalue weighted by Crippen LogP contribution is -2.31. The van der Waals surface area contributed by atoms with Crippen molar-refractivity contribution in [3.8, 4) is 6.07 Å². The van der Waals surface area contributed by atoms with Gasteiger partial charge in [-0.25, -0.2) is 4.98 Å². The van der Waals surface area contributed by atoms with Crippen molar-refractivity contribution in [2.45, 2.75) is 53.0 Å². The smallest absolute Gasteiger partial charge is 0.277 e. The molecule has 0 aliphatic carbocycles. The highest BCUT2D eigenvalue weighted by Crippen LogP contribution is 2.16. The van der Waals surface area contributed by atoms with Gasteiger partial charge in [0.05, 0.1) is 23.9 Å². The number of nitrogens with zero attached hydrogens (tertiary/aromatic N) is 5. The van der Waals surface area contributed by atoms with Crippen LogP contribution in [0.1, 0.15) is 55.5 Å². The number of fused-ring (bicyclic) bond motifs is 1. The molecule has 0 atom stereocenters. The van der Waals surface area contributed by atoms with Crippen LogP contribution in [-0.2, 0) is 17.8 Å². The zero-order chi connectivity index (χ0) is 21.0. The summed E-state index contributed by atoms with van der Waals surface area (Å²) in [4.78, 5) is 35.8. The fraction of sp³-hybridized carbons (Fsp3) is 0.381. The van der Waals surface area contributed by atoms with Gasteiger partial charge in [-0.05, 0) is 37.5 Å². The van der Waals surface area contributed by atoms with Gasteiger partial charge < -0.3 is 0 Å². The number of H-pyrrole nitrogens is 1. The first kappa shape index (κ1) is 20.3. The van der Waals surface area contributed by atoms with E-state index in [-0.39, 0.29) is 36.2 Å². The standard InChI is InChI=1S/C21H24N6O2/c1-4-6-7-17-14(3)23-20-24-21(25-27(20)19(17)29)26(18(28)5-2)13-16-10-8-15(12-22)9-11-16/h8-11H,4-7,13H2,1-3H3,(H,23,24,25). The van der Waals surface area contributed by atoms with Gasteiger partial charge in [0.25, 0.3) is 11.3 Å². The maximum atomic E-state index is 12.9. The summed E-state index contributed by atoms with van der Waals surface area (Å²) in [7, 11) is 0. The van der Waals surface area contributed by atoms with Crippen molar-refractivity contribution >= 4 is 17.6 Å². The number of benzene rings is 1. The molecule has 1 aromatic carbocycles. The fourth-order valence-corrected chi connectivity index (χ4v) is 3.14. The number of hydrogen-bond acceptors (Lipinski definition) is 5. The van der Waals surface area contributed by atoms with E-state index in [1.54, 1.807) is 31.2 Å². The van der Waals surface area contributed by atoms with E-state index < -0.39 is 0 Å². The summed E-state index contributed by atoms with van der Waals surface area (Å²) in [5.41, 5.74) is 2.56. The number of anilines is 1. The lowest BCUT2D eigenvalue weighted by Gasteiger charge is -2.19. The number of hydrogen-bond donors (Lipinski definition) is 1. The van der Waals surface area contributed by atoms with E-state index in [1.807, 2.05) is 6.92 Å². The highest BCUT2D eigenvalue weighted by Gasteiger charge is 2.21. The Morgan fingerprint density at radius 2 is 1.97 bits per heavy atom. The van der Waals surface area contributed by atoms with E-state index in [0.29, 0.717) is 23.2 Å². The molecule has 8 nitrogen and oxygen atoms in total. The Labute approximate surface area is 168 Å². The first-order valence-electron chi connectivity index (χ1n) is 9.76. The Bertz CT molecular complexity index is 1120. The number of amides is 1.